The molecular formula is C8H8N2O2S2. The van der Waals surface area contributed by atoms with Crippen LogP contribution in [0.1, 0.15) is 15.4 Å². The molecule has 2 rings (SSSR count). The average Bonchev–Trinajstić information content (AvgIpc) is 2.66. The van der Waals surface area contributed by atoms with Crippen LogP contribution in [0.3, 0.4) is 0 Å². The van der Waals surface area contributed by atoms with E-state index in [-0.39, 0.29) is 0 Å². The summed E-state index contributed by atoms with van der Waals surface area (Å²) in [5.41, 5.74) is 0.741. The lowest BCUT2D eigenvalue weighted by molar-refractivity contribution is 0.0701. The number of carboxylic acid groups (broad SMARTS) is 1. The summed E-state index contributed by atoms with van der Waals surface area (Å²) in [6, 6.07) is 0. The molecule has 0 aliphatic heterocycles. The molecule has 2 aromatic heterocycles. The predicted molar refractivity (Wildman–Crippen MR) is 56.5 cm³/mol. The number of thioether (sulfide) groups is 1. The largest absolute Gasteiger partial charge is 0.477 e. The van der Waals surface area contributed by atoms with Gasteiger partial charge in [-0.1, -0.05) is 0 Å². The Morgan fingerprint density at radius 3 is 3.00 bits per heavy atom. The summed E-state index contributed by atoms with van der Waals surface area (Å²) in [5, 5.41) is 9.80. The smallest absolute Gasteiger partial charge is 0.347 e. The van der Waals surface area contributed by atoms with E-state index in [0.717, 1.165) is 15.6 Å². The number of thiazole rings is 1. The van der Waals surface area contributed by atoms with Crippen LogP contribution in [-0.4, -0.2) is 26.7 Å². The van der Waals surface area contributed by atoms with E-state index >= 15 is 0 Å². The van der Waals surface area contributed by atoms with E-state index in [1.165, 1.54) is 23.1 Å². The minimum atomic E-state index is -0.872. The molecule has 4 nitrogen and oxygen atoms in total. The number of imidazole rings is 1. The SMILES string of the molecule is CSc1ncn2c(C)c(C(=O)O)sc12. The van der Waals surface area contributed by atoms with Gasteiger partial charge in [-0.05, 0) is 13.2 Å². The van der Waals surface area contributed by atoms with Crippen LogP contribution in [0.25, 0.3) is 4.83 Å². The standard InChI is InChI=1S/C8H8N2O2S2/c1-4-5(8(11)12)14-7-6(13-2)9-3-10(4)7/h3H,1-2H3,(H,11,12). The van der Waals surface area contributed by atoms with Gasteiger partial charge in [-0.15, -0.1) is 23.1 Å². The molecule has 2 aromatic rings. The van der Waals surface area contributed by atoms with Gasteiger partial charge in [0.25, 0.3) is 0 Å². The summed E-state index contributed by atoms with van der Waals surface area (Å²) in [7, 11) is 0. The highest BCUT2D eigenvalue weighted by Crippen LogP contribution is 2.29. The molecule has 0 aromatic carbocycles. The van der Waals surface area contributed by atoms with Gasteiger partial charge in [-0.3, -0.25) is 4.40 Å². The number of aromatic nitrogens is 2. The fourth-order valence-corrected chi connectivity index (χ4v) is 3.02. The summed E-state index contributed by atoms with van der Waals surface area (Å²) in [6.45, 7) is 1.79. The number of hydrogen-bond donors (Lipinski definition) is 1. The van der Waals surface area contributed by atoms with Crippen molar-refractivity contribution in [1.82, 2.24) is 9.38 Å². The first-order valence-corrected chi connectivity index (χ1v) is 5.93. The second-order valence-electron chi connectivity index (χ2n) is 2.75. The lowest BCUT2D eigenvalue weighted by Gasteiger charge is -1.89. The molecule has 74 valence electrons. The highest BCUT2D eigenvalue weighted by Gasteiger charge is 2.17. The highest BCUT2D eigenvalue weighted by atomic mass is 32.2. The van der Waals surface area contributed by atoms with E-state index in [1.54, 1.807) is 13.3 Å². The van der Waals surface area contributed by atoms with Gasteiger partial charge in [0.15, 0.2) is 0 Å². The molecule has 0 saturated carbocycles. The topological polar surface area (TPSA) is 54.6 Å². The molecule has 2 heterocycles. The zero-order valence-corrected chi connectivity index (χ0v) is 9.28. The second kappa shape index (κ2) is 3.29. The number of nitrogens with zero attached hydrogens (tertiary/aromatic N) is 2. The highest BCUT2D eigenvalue weighted by molar-refractivity contribution is 7.98. The molecule has 0 aliphatic rings. The second-order valence-corrected chi connectivity index (χ2v) is 4.54. The van der Waals surface area contributed by atoms with E-state index in [0.29, 0.717) is 4.88 Å². The number of carboxylic acids is 1. The zero-order chi connectivity index (χ0) is 10.3. The minimum absolute atomic E-state index is 0.387. The van der Waals surface area contributed by atoms with Crippen molar-refractivity contribution < 1.29 is 9.90 Å². The van der Waals surface area contributed by atoms with Crippen molar-refractivity contribution in [2.24, 2.45) is 0 Å². The van der Waals surface area contributed by atoms with Crippen molar-refractivity contribution in [1.29, 1.82) is 0 Å². The van der Waals surface area contributed by atoms with Crippen LogP contribution < -0.4 is 0 Å². The van der Waals surface area contributed by atoms with Crippen molar-refractivity contribution in [3.05, 3.63) is 16.9 Å². The number of aromatic carboxylic acids is 1. The molecule has 6 heteroatoms. The third-order valence-corrected chi connectivity index (χ3v) is 4.04. The predicted octanol–water partition coefficient (Wildman–Crippen LogP) is 2.12. The fourth-order valence-electron chi connectivity index (χ4n) is 1.27. The summed E-state index contributed by atoms with van der Waals surface area (Å²) < 4.78 is 1.82. The Bertz CT molecular complexity index is 501. The van der Waals surface area contributed by atoms with Crippen LogP contribution in [0.5, 0.6) is 0 Å². The first-order chi connectivity index (χ1) is 6.65. The Morgan fingerprint density at radius 2 is 2.43 bits per heavy atom. The Morgan fingerprint density at radius 1 is 1.71 bits per heavy atom. The lowest BCUT2D eigenvalue weighted by atomic mass is 10.4. The Kier molecular flexibility index (Phi) is 2.24. The number of fused-ring (bicyclic) bond motifs is 1. The third kappa shape index (κ3) is 1.22. The van der Waals surface area contributed by atoms with Crippen LogP contribution in [0.4, 0.5) is 0 Å². The van der Waals surface area contributed by atoms with Gasteiger partial charge < -0.3 is 5.11 Å². The molecule has 0 unspecified atom stereocenters. The summed E-state index contributed by atoms with van der Waals surface area (Å²) >= 11 is 2.79. The van der Waals surface area contributed by atoms with Gasteiger partial charge in [-0.2, -0.15) is 0 Å². The van der Waals surface area contributed by atoms with Crippen LogP contribution in [0, 0.1) is 6.92 Å². The van der Waals surface area contributed by atoms with Gasteiger partial charge >= 0.3 is 5.97 Å². The lowest BCUT2D eigenvalue weighted by Crippen LogP contribution is -1.96. The maximum Gasteiger partial charge on any atom is 0.347 e. The molecule has 0 bridgehead atoms. The minimum Gasteiger partial charge on any atom is -0.477 e. The van der Waals surface area contributed by atoms with Crippen LogP contribution >= 0.6 is 23.1 Å². The molecule has 0 amide bonds. The van der Waals surface area contributed by atoms with Gasteiger partial charge in [0, 0.05) is 5.69 Å². The monoisotopic (exact) mass is 228 g/mol. The zero-order valence-electron chi connectivity index (χ0n) is 7.64. The van der Waals surface area contributed by atoms with Crippen LogP contribution in [-0.2, 0) is 0 Å². The molecule has 14 heavy (non-hydrogen) atoms. The Balaban J connectivity index is 2.74. The van der Waals surface area contributed by atoms with Crippen molar-refractivity contribution in [3.63, 3.8) is 0 Å². The summed E-state index contributed by atoms with van der Waals surface area (Å²) in [5.74, 6) is -0.872. The molecule has 0 aliphatic carbocycles. The molecule has 0 fully saturated rings. The van der Waals surface area contributed by atoms with Crippen molar-refractivity contribution in [2.75, 3.05) is 6.26 Å². The summed E-state index contributed by atoms with van der Waals surface area (Å²) in [6.07, 6.45) is 3.59. The Hall–Kier alpha value is -1.01. The molecular weight excluding hydrogens is 220 g/mol. The van der Waals surface area contributed by atoms with E-state index < -0.39 is 5.97 Å². The Labute approximate surface area is 88.6 Å². The molecule has 0 radical (unpaired) electrons. The molecule has 0 saturated heterocycles. The van der Waals surface area contributed by atoms with Gasteiger partial charge in [-0.25, -0.2) is 9.78 Å². The van der Waals surface area contributed by atoms with Crippen LogP contribution in [0.15, 0.2) is 11.4 Å². The van der Waals surface area contributed by atoms with Crippen molar-refractivity contribution >= 4 is 33.9 Å². The number of rotatable bonds is 2. The van der Waals surface area contributed by atoms with Crippen molar-refractivity contribution in [2.45, 2.75) is 11.9 Å². The van der Waals surface area contributed by atoms with E-state index in [1.807, 2.05) is 10.7 Å². The van der Waals surface area contributed by atoms with Crippen LogP contribution in [0.2, 0.25) is 0 Å². The van der Waals surface area contributed by atoms with Gasteiger partial charge in [0.1, 0.15) is 21.1 Å². The first-order valence-electron chi connectivity index (χ1n) is 3.89. The first kappa shape index (κ1) is 9.54. The van der Waals surface area contributed by atoms with Gasteiger partial charge in [0.2, 0.25) is 0 Å². The molecule has 1 N–H and O–H groups in total. The normalized spacial score (nSPS) is 11.0. The van der Waals surface area contributed by atoms with E-state index in [2.05, 4.69) is 4.98 Å². The number of aryl methyl sites for hydroxylation is 1. The molecule has 0 atom stereocenters. The maximum atomic E-state index is 10.9. The quantitative estimate of drug-likeness (QED) is 0.800. The van der Waals surface area contributed by atoms with E-state index in [9.17, 15) is 4.79 Å². The number of hydrogen-bond acceptors (Lipinski definition) is 4. The fraction of sp³-hybridized carbons (Fsp3) is 0.250. The number of carbonyl (C=O) groups is 1. The van der Waals surface area contributed by atoms with Crippen molar-refractivity contribution in [3.8, 4) is 0 Å². The maximum absolute atomic E-state index is 10.9. The molecule has 0 spiro atoms. The summed E-state index contributed by atoms with van der Waals surface area (Å²) in [4.78, 5) is 16.3. The average molecular weight is 228 g/mol. The van der Waals surface area contributed by atoms with Gasteiger partial charge in [0.05, 0.1) is 0 Å². The van der Waals surface area contributed by atoms with E-state index in [4.69, 9.17) is 5.11 Å². The third-order valence-electron chi connectivity index (χ3n) is 1.97.